The third-order valence-corrected chi connectivity index (χ3v) is 5.41. The van der Waals surface area contributed by atoms with Gasteiger partial charge in [0.15, 0.2) is 0 Å². The minimum absolute atomic E-state index is 0.107. The smallest absolute Gasteiger partial charge is 0.280 e. The van der Waals surface area contributed by atoms with Crippen molar-refractivity contribution >= 4 is 10.2 Å². The molecular weight excluding hydrogens is 276 g/mol. The topological polar surface area (TPSA) is 58.6 Å². The van der Waals surface area contributed by atoms with Gasteiger partial charge in [0.2, 0.25) is 0 Å². The average molecular weight is 298 g/mol. The normalized spacial score (nSPS) is 19.9. The van der Waals surface area contributed by atoms with Crippen molar-refractivity contribution in [1.82, 2.24) is 9.03 Å². The summed E-state index contributed by atoms with van der Waals surface area (Å²) >= 11 is 0. The molecule has 0 amide bonds. The van der Waals surface area contributed by atoms with E-state index < -0.39 is 10.2 Å². The van der Waals surface area contributed by atoms with E-state index in [0.717, 1.165) is 16.9 Å². The lowest BCUT2D eigenvalue weighted by Gasteiger charge is -2.34. The van der Waals surface area contributed by atoms with Crippen molar-refractivity contribution in [2.45, 2.75) is 39.3 Å². The van der Waals surface area contributed by atoms with Crippen LogP contribution in [-0.2, 0) is 16.6 Å². The zero-order valence-electron chi connectivity index (χ0n) is 12.4. The van der Waals surface area contributed by atoms with Crippen LogP contribution in [0.4, 0.5) is 0 Å². The van der Waals surface area contributed by atoms with E-state index in [0.29, 0.717) is 13.0 Å². The molecule has 6 heteroatoms. The molecule has 0 aromatic heterocycles. The van der Waals surface area contributed by atoms with Gasteiger partial charge in [-0.2, -0.15) is 17.4 Å². The van der Waals surface area contributed by atoms with Gasteiger partial charge in [-0.3, -0.25) is 0 Å². The van der Waals surface area contributed by atoms with Crippen LogP contribution in [-0.4, -0.2) is 32.4 Å². The van der Waals surface area contributed by atoms with E-state index in [4.69, 9.17) is 4.74 Å². The SMILES string of the molecule is COc1ccc2c(c1)CCN(S(=O)(=O)NC(C)C)C2C. The number of hydrogen-bond donors (Lipinski definition) is 1. The zero-order valence-corrected chi connectivity index (χ0v) is 13.2. The van der Waals surface area contributed by atoms with Crippen molar-refractivity contribution in [3.63, 3.8) is 0 Å². The molecule has 1 aromatic rings. The first kappa shape index (κ1) is 15.3. The summed E-state index contributed by atoms with van der Waals surface area (Å²) in [5.41, 5.74) is 2.21. The van der Waals surface area contributed by atoms with Gasteiger partial charge >= 0.3 is 0 Å². The number of benzene rings is 1. The predicted octanol–water partition coefficient (Wildman–Crippen LogP) is 1.86. The van der Waals surface area contributed by atoms with Crippen LogP contribution in [0.5, 0.6) is 5.75 Å². The second kappa shape index (κ2) is 5.71. The van der Waals surface area contributed by atoms with E-state index >= 15 is 0 Å². The number of hydrogen-bond acceptors (Lipinski definition) is 3. The Morgan fingerprint density at radius 3 is 2.70 bits per heavy atom. The number of rotatable bonds is 4. The number of methoxy groups -OCH3 is 1. The first-order chi connectivity index (χ1) is 9.35. The second-order valence-electron chi connectivity index (χ2n) is 5.38. The summed E-state index contributed by atoms with van der Waals surface area (Å²) in [4.78, 5) is 0. The van der Waals surface area contributed by atoms with Gasteiger partial charge in [0, 0.05) is 18.6 Å². The maximum absolute atomic E-state index is 12.3. The molecule has 1 aliphatic heterocycles. The molecule has 0 saturated carbocycles. The third-order valence-electron chi connectivity index (χ3n) is 3.53. The molecule has 0 spiro atoms. The Hall–Kier alpha value is -1.11. The van der Waals surface area contributed by atoms with Crippen molar-refractivity contribution in [2.75, 3.05) is 13.7 Å². The van der Waals surface area contributed by atoms with E-state index in [1.165, 1.54) is 4.31 Å². The predicted molar refractivity (Wildman–Crippen MR) is 79.0 cm³/mol. The van der Waals surface area contributed by atoms with Crippen LogP contribution in [0, 0.1) is 0 Å². The van der Waals surface area contributed by atoms with Gasteiger partial charge in [-0.15, -0.1) is 0 Å². The van der Waals surface area contributed by atoms with Gasteiger partial charge in [-0.1, -0.05) is 6.07 Å². The monoisotopic (exact) mass is 298 g/mol. The van der Waals surface area contributed by atoms with Gasteiger partial charge in [-0.25, -0.2) is 0 Å². The summed E-state index contributed by atoms with van der Waals surface area (Å²) in [5.74, 6) is 0.813. The van der Waals surface area contributed by atoms with Crippen LogP contribution < -0.4 is 9.46 Å². The molecule has 1 unspecified atom stereocenters. The van der Waals surface area contributed by atoms with Gasteiger partial charge in [0.1, 0.15) is 5.75 Å². The number of ether oxygens (including phenoxy) is 1. The first-order valence-electron chi connectivity index (χ1n) is 6.81. The lowest BCUT2D eigenvalue weighted by atomic mass is 9.95. The number of fused-ring (bicyclic) bond motifs is 1. The van der Waals surface area contributed by atoms with Gasteiger partial charge < -0.3 is 4.74 Å². The lowest BCUT2D eigenvalue weighted by Crippen LogP contribution is -2.47. The van der Waals surface area contributed by atoms with E-state index in [9.17, 15) is 8.42 Å². The molecule has 1 atom stereocenters. The fraction of sp³-hybridized carbons (Fsp3) is 0.571. The van der Waals surface area contributed by atoms with Crippen LogP contribution in [0.15, 0.2) is 18.2 Å². The highest BCUT2D eigenvalue weighted by Crippen LogP contribution is 2.33. The van der Waals surface area contributed by atoms with Crippen molar-refractivity contribution in [2.24, 2.45) is 0 Å². The summed E-state index contributed by atoms with van der Waals surface area (Å²) in [5, 5.41) is 0. The molecule has 1 aliphatic rings. The molecule has 2 rings (SSSR count). The minimum atomic E-state index is -3.44. The molecule has 0 fully saturated rings. The zero-order chi connectivity index (χ0) is 14.9. The molecule has 1 aromatic carbocycles. The van der Waals surface area contributed by atoms with Crippen molar-refractivity contribution in [1.29, 1.82) is 0 Å². The first-order valence-corrected chi connectivity index (χ1v) is 8.25. The average Bonchev–Trinajstić information content (AvgIpc) is 2.36. The maximum atomic E-state index is 12.3. The highest BCUT2D eigenvalue weighted by molar-refractivity contribution is 7.87. The van der Waals surface area contributed by atoms with E-state index in [2.05, 4.69) is 4.72 Å². The fourth-order valence-corrected chi connectivity index (χ4v) is 4.20. The van der Waals surface area contributed by atoms with Crippen molar-refractivity contribution in [3.8, 4) is 5.75 Å². The Morgan fingerprint density at radius 1 is 1.40 bits per heavy atom. The fourth-order valence-electron chi connectivity index (χ4n) is 2.61. The molecule has 1 N–H and O–H groups in total. The summed E-state index contributed by atoms with van der Waals surface area (Å²) in [6.45, 7) is 6.06. The molecule has 5 nitrogen and oxygen atoms in total. The quantitative estimate of drug-likeness (QED) is 0.923. The summed E-state index contributed by atoms with van der Waals surface area (Å²) in [6, 6.07) is 5.55. The summed E-state index contributed by atoms with van der Waals surface area (Å²) < 4.78 is 34.1. The molecule has 112 valence electrons. The highest BCUT2D eigenvalue weighted by atomic mass is 32.2. The van der Waals surface area contributed by atoms with Crippen LogP contribution in [0.1, 0.15) is 37.9 Å². The lowest BCUT2D eigenvalue weighted by molar-refractivity contribution is 0.318. The Labute approximate surface area is 121 Å². The summed E-state index contributed by atoms with van der Waals surface area (Å²) in [7, 11) is -1.80. The largest absolute Gasteiger partial charge is 0.497 e. The second-order valence-corrected chi connectivity index (χ2v) is 7.03. The molecule has 1 heterocycles. The van der Waals surface area contributed by atoms with Crippen molar-refractivity contribution < 1.29 is 13.2 Å². The molecule has 0 aliphatic carbocycles. The van der Waals surface area contributed by atoms with Crippen LogP contribution in [0.2, 0.25) is 0 Å². The van der Waals surface area contributed by atoms with Crippen molar-refractivity contribution in [3.05, 3.63) is 29.3 Å². The molecule has 0 bridgehead atoms. The standard InChI is InChI=1S/C14H22N2O3S/c1-10(2)15-20(17,18)16-8-7-12-9-13(19-4)5-6-14(12)11(16)3/h5-6,9-11,15H,7-8H2,1-4H3. The van der Waals surface area contributed by atoms with Crippen LogP contribution >= 0.6 is 0 Å². The Morgan fingerprint density at radius 2 is 2.10 bits per heavy atom. The van der Waals surface area contributed by atoms with Gasteiger partial charge in [0.25, 0.3) is 10.2 Å². The number of nitrogens with zero attached hydrogens (tertiary/aromatic N) is 1. The third kappa shape index (κ3) is 2.97. The minimum Gasteiger partial charge on any atom is -0.497 e. The molecule has 0 saturated heterocycles. The number of nitrogens with one attached hydrogen (secondary N) is 1. The van der Waals surface area contributed by atoms with E-state index in [1.54, 1.807) is 7.11 Å². The highest BCUT2D eigenvalue weighted by Gasteiger charge is 2.33. The van der Waals surface area contributed by atoms with Gasteiger partial charge in [0.05, 0.1) is 7.11 Å². The van der Waals surface area contributed by atoms with Gasteiger partial charge in [-0.05, 0) is 50.5 Å². The van der Waals surface area contributed by atoms with Crippen LogP contribution in [0.25, 0.3) is 0 Å². The maximum Gasteiger partial charge on any atom is 0.280 e. The molecular formula is C14H22N2O3S. The summed E-state index contributed by atoms with van der Waals surface area (Å²) in [6.07, 6.45) is 0.704. The van der Waals surface area contributed by atoms with E-state index in [1.807, 2.05) is 39.0 Å². The Balaban J connectivity index is 2.30. The molecule has 20 heavy (non-hydrogen) atoms. The Bertz CT molecular complexity index is 584. The molecule has 0 radical (unpaired) electrons. The van der Waals surface area contributed by atoms with E-state index in [-0.39, 0.29) is 12.1 Å². The van der Waals surface area contributed by atoms with Crippen LogP contribution in [0.3, 0.4) is 0 Å². The Kier molecular flexibility index (Phi) is 4.36.